The molecule has 2 aliphatic rings. The van der Waals surface area contributed by atoms with E-state index < -0.39 is 0 Å². The fraction of sp³-hybridized carbons (Fsp3) is 0.480. The lowest BCUT2D eigenvalue weighted by molar-refractivity contribution is 0.122. The molecule has 160 valence electrons. The molecule has 0 amide bonds. The van der Waals surface area contributed by atoms with Crippen molar-refractivity contribution >= 4 is 34.6 Å². The van der Waals surface area contributed by atoms with Gasteiger partial charge in [-0.25, -0.2) is 0 Å². The molecule has 0 unspecified atom stereocenters. The standard InChI is InChI=1S/C25H32ClN3S/c1-18-5-2-3-6-22(18)27-25(30)28-23-7-4-8-24(23)29-15-13-20(14-16-29)17-19-9-11-21(26)12-10-19/h2-3,5-6,9-12,20,23-24H,4,7-8,13-17H2,1H3,(H2,27,28,30)/t23-,24-/m1/s1. The summed E-state index contributed by atoms with van der Waals surface area (Å²) in [5, 5.41) is 8.59. The largest absolute Gasteiger partial charge is 0.358 e. The predicted molar refractivity (Wildman–Crippen MR) is 131 cm³/mol. The van der Waals surface area contributed by atoms with Crippen LogP contribution < -0.4 is 10.6 Å². The summed E-state index contributed by atoms with van der Waals surface area (Å²) < 4.78 is 0. The van der Waals surface area contributed by atoms with Gasteiger partial charge >= 0.3 is 0 Å². The Kier molecular flexibility index (Phi) is 7.29. The Morgan fingerprint density at radius 1 is 1.03 bits per heavy atom. The van der Waals surface area contributed by atoms with Gasteiger partial charge in [0, 0.05) is 22.8 Å². The molecule has 0 spiro atoms. The van der Waals surface area contributed by atoms with E-state index in [4.69, 9.17) is 23.8 Å². The minimum Gasteiger partial charge on any atom is -0.358 e. The highest BCUT2D eigenvalue weighted by atomic mass is 35.5. The molecule has 2 atom stereocenters. The summed E-state index contributed by atoms with van der Waals surface area (Å²) in [7, 11) is 0. The summed E-state index contributed by atoms with van der Waals surface area (Å²) in [6.45, 7) is 4.50. The van der Waals surface area contributed by atoms with E-state index >= 15 is 0 Å². The number of para-hydroxylation sites is 1. The second-order valence-corrected chi connectivity index (χ2v) is 9.67. The van der Waals surface area contributed by atoms with Crippen molar-refractivity contribution in [2.75, 3.05) is 18.4 Å². The number of hydrogen-bond acceptors (Lipinski definition) is 2. The summed E-state index contributed by atoms with van der Waals surface area (Å²) in [6.07, 6.45) is 7.47. The van der Waals surface area contributed by atoms with Gasteiger partial charge in [-0.15, -0.1) is 0 Å². The highest BCUT2D eigenvalue weighted by Crippen LogP contribution is 2.30. The Labute approximate surface area is 191 Å². The number of anilines is 1. The van der Waals surface area contributed by atoms with Crippen LogP contribution in [0.3, 0.4) is 0 Å². The zero-order valence-electron chi connectivity index (χ0n) is 17.7. The fourth-order valence-corrected chi connectivity index (χ4v) is 5.42. The van der Waals surface area contributed by atoms with Crippen LogP contribution in [0.1, 0.15) is 43.2 Å². The molecule has 1 aliphatic heterocycles. The molecule has 0 radical (unpaired) electrons. The van der Waals surface area contributed by atoms with Crippen molar-refractivity contribution in [1.82, 2.24) is 10.2 Å². The summed E-state index contributed by atoms with van der Waals surface area (Å²) >= 11 is 11.7. The quantitative estimate of drug-likeness (QED) is 0.572. The average molecular weight is 442 g/mol. The average Bonchev–Trinajstić information content (AvgIpc) is 3.20. The summed E-state index contributed by atoms with van der Waals surface area (Å²) in [4.78, 5) is 2.71. The molecular formula is C25H32ClN3S. The summed E-state index contributed by atoms with van der Waals surface area (Å²) in [5.41, 5.74) is 3.71. The van der Waals surface area contributed by atoms with Crippen molar-refractivity contribution in [2.24, 2.45) is 5.92 Å². The van der Waals surface area contributed by atoms with E-state index in [2.05, 4.69) is 52.8 Å². The minimum absolute atomic E-state index is 0.446. The van der Waals surface area contributed by atoms with Gasteiger partial charge < -0.3 is 10.6 Å². The van der Waals surface area contributed by atoms with Crippen LogP contribution in [-0.2, 0) is 6.42 Å². The number of halogens is 1. The summed E-state index contributed by atoms with van der Waals surface area (Å²) in [6, 6.07) is 17.7. The Morgan fingerprint density at radius 2 is 1.77 bits per heavy atom. The highest BCUT2D eigenvalue weighted by molar-refractivity contribution is 7.80. The molecule has 30 heavy (non-hydrogen) atoms. The number of piperidine rings is 1. The van der Waals surface area contributed by atoms with Gasteiger partial charge in [0.2, 0.25) is 0 Å². The van der Waals surface area contributed by atoms with Crippen LogP contribution in [0, 0.1) is 12.8 Å². The van der Waals surface area contributed by atoms with Crippen LogP contribution in [-0.4, -0.2) is 35.2 Å². The maximum absolute atomic E-state index is 6.02. The molecule has 1 saturated heterocycles. The second-order valence-electron chi connectivity index (χ2n) is 8.83. The minimum atomic E-state index is 0.446. The maximum Gasteiger partial charge on any atom is 0.171 e. The van der Waals surface area contributed by atoms with Gasteiger partial charge in [-0.2, -0.15) is 0 Å². The van der Waals surface area contributed by atoms with Gasteiger partial charge in [0.1, 0.15) is 0 Å². The monoisotopic (exact) mass is 441 g/mol. The lowest BCUT2D eigenvalue weighted by atomic mass is 9.89. The molecule has 2 aromatic carbocycles. The first-order valence-electron chi connectivity index (χ1n) is 11.2. The second kappa shape index (κ2) is 10.1. The number of thiocarbonyl (C=S) groups is 1. The lowest BCUT2D eigenvalue weighted by Crippen LogP contribution is -2.51. The number of nitrogens with zero attached hydrogens (tertiary/aromatic N) is 1. The van der Waals surface area contributed by atoms with E-state index in [9.17, 15) is 0 Å². The SMILES string of the molecule is Cc1ccccc1NC(=S)N[C@@H]1CCC[C@H]1N1CCC(Cc2ccc(Cl)cc2)CC1. The van der Waals surface area contributed by atoms with E-state index in [0.717, 1.165) is 21.7 Å². The summed E-state index contributed by atoms with van der Waals surface area (Å²) in [5.74, 6) is 0.777. The molecular weight excluding hydrogens is 410 g/mol. The van der Waals surface area contributed by atoms with Crippen molar-refractivity contribution in [2.45, 2.75) is 57.5 Å². The third-order valence-corrected chi connectivity index (χ3v) is 7.22. The van der Waals surface area contributed by atoms with Crippen molar-refractivity contribution in [3.05, 3.63) is 64.7 Å². The van der Waals surface area contributed by atoms with Crippen molar-refractivity contribution < 1.29 is 0 Å². The van der Waals surface area contributed by atoms with E-state index in [0.29, 0.717) is 12.1 Å². The van der Waals surface area contributed by atoms with Crippen LogP contribution in [0.5, 0.6) is 0 Å². The van der Waals surface area contributed by atoms with Crippen molar-refractivity contribution in [3.63, 3.8) is 0 Å². The van der Waals surface area contributed by atoms with Gasteiger partial charge in [-0.05, 0) is 106 Å². The molecule has 3 nitrogen and oxygen atoms in total. The first-order chi connectivity index (χ1) is 14.6. The van der Waals surface area contributed by atoms with Crippen LogP contribution in [0.15, 0.2) is 48.5 Å². The van der Waals surface area contributed by atoms with Crippen LogP contribution in [0.4, 0.5) is 5.69 Å². The number of hydrogen-bond donors (Lipinski definition) is 2. The first-order valence-corrected chi connectivity index (χ1v) is 12.0. The third kappa shape index (κ3) is 5.54. The smallest absolute Gasteiger partial charge is 0.171 e. The fourth-order valence-electron chi connectivity index (χ4n) is 5.03. The predicted octanol–water partition coefficient (Wildman–Crippen LogP) is 5.81. The van der Waals surface area contributed by atoms with Gasteiger partial charge in [0.25, 0.3) is 0 Å². The van der Waals surface area contributed by atoms with Gasteiger partial charge in [-0.1, -0.05) is 41.9 Å². The van der Waals surface area contributed by atoms with Crippen LogP contribution in [0.25, 0.3) is 0 Å². The molecule has 0 bridgehead atoms. The molecule has 1 aliphatic carbocycles. The molecule has 1 saturated carbocycles. The molecule has 2 N–H and O–H groups in total. The molecule has 2 fully saturated rings. The van der Waals surface area contributed by atoms with Crippen LogP contribution in [0.2, 0.25) is 5.02 Å². The molecule has 1 heterocycles. The first kappa shape index (κ1) is 21.6. The molecule has 5 heteroatoms. The van der Waals surface area contributed by atoms with Gasteiger partial charge in [-0.3, -0.25) is 4.90 Å². The number of nitrogens with one attached hydrogen (secondary N) is 2. The normalized spacial score (nSPS) is 22.7. The Bertz CT molecular complexity index is 846. The highest BCUT2D eigenvalue weighted by Gasteiger charge is 2.34. The van der Waals surface area contributed by atoms with Gasteiger partial charge in [0.05, 0.1) is 0 Å². The number of aryl methyl sites for hydroxylation is 1. The molecule has 4 rings (SSSR count). The number of rotatable bonds is 5. The van der Waals surface area contributed by atoms with Crippen LogP contribution >= 0.6 is 23.8 Å². The van der Waals surface area contributed by atoms with Crippen molar-refractivity contribution in [3.8, 4) is 0 Å². The Morgan fingerprint density at radius 3 is 2.50 bits per heavy atom. The number of benzene rings is 2. The third-order valence-electron chi connectivity index (χ3n) is 6.75. The number of likely N-dealkylation sites (tertiary alicyclic amines) is 1. The van der Waals surface area contributed by atoms with E-state index in [-0.39, 0.29) is 0 Å². The Hall–Kier alpha value is -1.62. The lowest BCUT2D eigenvalue weighted by Gasteiger charge is -2.39. The zero-order valence-corrected chi connectivity index (χ0v) is 19.3. The van der Waals surface area contributed by atoms with E-state index in [1.165, 1.54) is 62.7 Å². The maximum atomic E-state index is 6.02. The van der Waals surface area contributed by atoms with E-state index in [1.54, 1.807) is 0 Å². The van der Waals surface area contributed by atoms with E-state index in [1.807, 2.05) is 18.2 Å². The van der Waals surface area contributed by atoms with Gasteiger partial charge in [0.15, 0.2) is 5.11 Å². The Balaban J connectivity index is 1.27. The zero-order chi connectivity index (χ0) is 20.9. The molecule has 2 aromatic rings. The van der Waals surface area contributed by atoms with Crippen molar-refractivity contribution in [1.29, 1.82) is 0 Å². The molecule has 0 aromatic heterocycles. The topological polar surface area (TPSA) is 27.3 Å².